The summed E-state index contributed by atoms with van der Waals surface area (Å²) < 4.78 is 14.9. The van der Waals surface area contributed by atoms with Crippen molar-refractivity contribution in [2.45, 2.75) is 0 Å². The molecule has 0 N–H and O–H groups in total. The second-order valence-corrected chi connectivity index (χ2v) is 4.26. The SMILES string of the molecule is C=C[Si](OC)(OC)OC.[Cu+]. The molecule has 0 unspecified atom stereocenters. The van der Waals surface area contributed by atoms with Crippen LogP contribution in [0, 0.1) is 0 Å². The quantitative estimate of drug-likeness (QED) is 0.638. The van der Waals surface area contributed by atoms with Crippen LogP contribution in [-0.2, 0) is 30.3 Å². The third-order valence-corrected chi connectivity index (χ3v) is 3.31. The molecule has 10 heavy (non-hydrogen) atoms. The van der Waals surface area contributed by atoms with E-state index in [4.69, 9.17) is 13.3 Å². The van der Waals surface area contributed by atoms with E-state index >= 15 is 0 Å². The van der Waals surface area contributed by atoms with Gasteiger partial charge in [0.15, 0.2) is 0 Å². The van der Waals surface area contributed by atoms with E-state index in [0.717, 1.165) is 0 Å². The van der Waals surface area contributed by atoms with Crippen molar-refractivity contribution in [3.8, 4) is 0 Å². The minimum absolute atomic E-state index is 0. The van der Waals surface area contributed by atoms with Gasteiger partial charge in [-0.15, -0.1) is 0 Å². The summed E-state index contributed by atoms with van der Waals surface area (Å²) in [5.41, 5.74) is 1.58. The fourth-order valence-corrected chi connectivity index (χ4v) is 1.50. The average Bonchev–Trinajstić information content (AvgIpc) is 1.95. The minimum Gasteiger partial charge on any atom is -0.374 e. The van der Waals surface area contributed by atoms with E-state index < -0.39 is 8.80 Å². The van der Waals surface area contributed by atoms with Crippen LogP contribution in [0.15, 0.2) is 12.3 Å². The van der Waals surface area contributed by atoms with Crippen LogP contribution in [0.1, 0.15) is 0 Å². The normalized spacial score (nSPS) is 10.3. The van der Waals surface area contributed by atoms with Gasteiger partial charge >= 0.3 is 25.9 Å². The first-order chi connectivity index (χ1) is 4.24. The van der Waals surface area contributed by atoms with Gasteiger partial charge in [-0.2, -0.15) is 0 Å². The first kappa shape index (κ1) is 13.0. The van der Waals surface area contributed by atoms with Crippen molar-refractivity contribution in [2.24, 2.45) is 0 Å². The molecule has 0 radical (unpaired) electrons. The summed E-state index contributed by atoms with van der Waals surface area (Å²) in [6, 6.07) is 0. The Morgan fingerprint density at radius 1 is 1.10 bits per heavy atom. The molecule has 0 saturated heterocycles. The van der Waals surface area contributed by atoms with E-state index in [9.17, 15) is 0 Å². The monoisotopic (exact) mass is 211 g/mol. The molecule has 0 aromatic rings. The van der Waals surface area contributed by atoms with E-state index in [1.165, 1.54) is 0 Å². The van der Waals surface area contributed by atoms with Gasteiger partial charge in [0.2, 0.25) is 0 Å². The molecule has 0 fully saturated rings. The second kappa shape index (κ2) is 6.09. The smallest absolute Gasteiger partial charge is 0.374 e. The Balaban J connectivity index is 0. The molecule has 0 aromatic carbocycles. The molecule has 0 atom stereocenters. The molecule has 3 nitrogen and oxygen atoms in total. The van der Waals surface area contributed by atoms with Crippen molar-refractivity contribution in [1.29, 1.82) is 0 Å². The van der Waals surface area contributed by atoms with Crippen LogP contribution < -0.4 is 0 Å². The van der Waals surface area contributed by atoms with Crippen molar-refractivity contribution in [3.63, 3.8) is 0 Å². The fraction of sp³-hybridized carbons (Fsp3) is 0.600. The first-order valence-corrected chi connectivity index (χ1v) is 4.34. The Bertz CT molecular complexity index is 86.6. The maximum absolute atomic E-state index is 4.96. The summed E-state index contributed by atoms with van der Waals surface area (Å²) in [6.07, 6.45) is 0. The molecule has 5 heteroatoms. The van der Waals surface area contributed by atoms with Gasteiger partial charge < -0.3 is 13.3 Å². The zero-order valence-electron chi connectivity index (χ0n) is 6.31. The van der Waals surface area contributed by atoms with Crippen molar-refractivity contribution in [2.75, 3.05) is 21.3 Å². The first-order valence-electron chi connectivity index (χ1n) is 2.53. The van der Waals surface area contributed by atoms with Crippen molar-refractivity contribution in [1.82, 2.24) is 0 Å². The molecular formula is C5H12CuO3Si+. The number of rotatable bonds is 4. The van der Waals surface area contributed by atoms with Crippen LogP contribution in [0.25, 0.3) is 0 Å². The van der Waals surface area contributed by atoms with Gasteiger partial charge in [0.05, 0.1) is 0 Å². The number of hydrogen-bond donors (Lipinski definition) is 0. The summed E-state index contributed by atoms with van der Waals surface area (Å²) in [4.78, 5) is 0. The molecule has 0 bridgehead atoms. The molecule has 0 rings (SSSR count). The summed E-state index contributed by atoms with van der Waals surface area (Å²) in [6.45, 7) is 3.53. The summed E-state index contributed by atoms with van der Waals surface area (Å²) >= 11 is 0. The van der Waals surface area contributed by atoms with E-state index in [0.29, 0.717) is 0 Å². The van der Waals surface area contributed by atoms with E-state index in [2.05, 4.69) is 6.58 Å². The Morgan fingerprint density at radius 3 is 1.40 bits per heavy atom. The van der Waals surface area contributed by atoms with Crippen LogP contribution >= 0.6 is 0 Å². The van der Waals surface area contributed by atoms with Gasteiger partial charge in [-0.1, -0.05) is 6.58 Å². The number of hydrogen-bond acceptors (Lipinski definition) is 3. The van der Waals surface area contributed by atoms with Crippen molar-refractivity contribution in [3.05, 3.63) is 12.3 Å². The third kappa shape index (κ3) is 2.96. The molecule has 0 aromatic heterocycles. The van der Waals surface area contributed by atoms with E-state index in [1.807, 2.05) is 0 Å². The van der Waals surface area contributed by atoms with Crippen LogP contribution in [-0.4, -0.2) is 30.1 Å². The molecule has 0 heterocycles. The van der Waals surface area contributed by atoms with Gasteiger partial charge in [0, 0.05) is 21.3 Å². The average molecular weight is 212 g/mol. The van der Waals surface area contributed by atoms with E-state index in [1.54, 1.807) is 27.0 Å². The predicted octanol–water partition coefficient (Wildman–Crippen LogP) is 0.587. The molecule has 0 spiro atoms. The van der Waals surface area contributed by atoms with Gasteiger partial charge in [0.1, 0.15) is 0 Å². The maximum atomic E-state index is 4.96. The second-order valence-electron chi connectivity index (χ2n) is 1.42. The Kier molecular flexibility index (Phi) is 7.91. The molecule has 64 valence electrons. The van der Waals surface area contributed by atoms with Crippen LogP contribution in [0.4, 0.5) is 0 Å². The Morgan fingerprint density at radius 2 is 1.40 bits per heavy atom. The largest absolute Gasteiger partial charge is 1.00 e. The Hall–Kier alpha value is 0.356. The van der Waals surface area contributed by atoms with Crippen LogP contribution in [0.3, 0.4) is 0 Å². The summed E-state index contributed by atoms with van der Waals surface area (Å²) in [5.74, 6) is 0. The molecule has 0 amide bonds. The van der Waals surface area contributed by atoms with E-state index in [-0.39, 0.29) is 17.1 Å². The molecule has 0 aliphatic rings. The molecule has 0 saturated carbocycles. The Labute approximate surface area is 73.2 Å². The van der Waals surface area contributed by atoms with Crippen molar-refractivity contribution >= 4 is 8.80 Å². The van der Waals surface area contributed by atoms with Crippen molar-refractivity contribution < 1.29 is 30.3 Å². The zero-order valence-corrected chi connectivity index (χ0v) is 8.25. The van der Waals surface area contributed by atoms with Crippen LogP contribution in [0.5, 0.6) is 0 Å². The maximum Gasteiger partial charge on any atom is 1.00 e. The molecule has 0 aliphatic heterocycles. The van der Waals surface area contributed by atoms with Gasteiger partial charge in [-0.05, 0) is 5.70 Å². The fourth-order valence-electron chi connectivity index (χ4n) is 0.500. The van der Waals surface area contributed by atoms with Gasteiger partial charge in [-0.25, -0.2) is 0 Å². The molecular weight excluding hydrogens is 200 g/mol. The van der Waals surface area contributed by atoms with Gasteiger partial charge in [0.25, 0.3) is 0 Å². The zero-order chi connectivity index (χ0) is 7.33. The van der Waals surface area contributed by atoms with Crippen LogP contribution in [0.2, 0.25) is 0 Å². The minimum atomic E-state index is -2.43. The predicted molar refractivity (Wildman–Crippen MR) is 37.0 cm³/mol. The molecule has 0 aliphatic carbocycles. The standard InChI is InChI=1S/C5H12O3Si.Cu/c1-5-9(6-2,7-3)8-4;/h5H,1H2,2-4H3;/q;+1. The topological polar surface area (TPSA) is 27.7 Å². The summed E-state index contributed by atoms with van der Waals surface area (Å²) in [5, 5.41) is 0. The third-order valence-electron chi connectivity index (χ3n) is 1.10. The van der Waals surface area contributed by atoms with Gasteiger partial charge in [-0.3, -0.25) is 0 Å². The summed E-state index contributed by atoms with van der Waals surface area (Å²) in [7, 11) is 2.20.